The first-order chi connectivity index (χ1) is 10.6. The van der Waals surface area contributed by atoms with E-state index in [9.17, 15) is 4.79 Å². The van der Waals surface area contributed by atoms with Crippen molar-refractivity contribution in [3.05, 3.63) is 18.2 Å². The monoisotopic (exact) mass is 304 g/mol. The molecule has 1 saturated carbocycles. The first kappa shape index (κ1) is 16.7. The number of amides is 1. The van der Waals surface area contributed by atoms with E-state index in [2.05, 4.69) is 12.2 Å². The summed E-state index contributed by atoms with van der Waals surface area (Å²) in [5.74, 6) is 1.72. The van der Waals surface area contributed by atoms with Crippen molar-refractivity contribution in [2.45, 2.75) is 51.9 Å². The van der Waals surface area contributed by atoms with Crippen molar-refractivity contribution in [2.75, 3.05) is 18.2 Å². The maximum absolute atomic E-state index is 12.4. The lowest BCUT2D eigenvalue weighted by molar-refractivity contribution is -0.121. The van der Waals surface area contributed by atoms with Crippen LogP contribution in [0.5, 0.6) is 5.75 Å². The van der Waals surface area contributed by atoms with Crippen LogP contribution in [-0.2, 0) is 4.79 Å². The largest absolute Gasteiger partial charge is 0.495 e. The van der Waals surface area contributed by atoms with Crippen LogP contribution in [0.3, 0.4) is 0 Å². The number of nitrogens with one attached hydrogen (secondary N) is 1. The van der Waals surface area contributed by atoms with Gasteiger partial charge in [-0.3, -0.25) is 4.79 Å². The zero-order chi connectivity index (χ0) is 15.9. The van der Waals surface area contributed by atoms with Crippen LogP contribution in [0.25, 0.3) is 0 Å². The Kier molecular flexibility index (Phi) is 6.10. The number of carbonyl (C=O) groups is 1. The van der Waals surface area contributed by atoms with E-state index in [-0.39, 0.29) is 11.8 Å². The molecule has 0 aliphatic heterocycles. The third-order valence-corrected chi connectivity index (χ3v) is 4.68. The normalized spacial score (nSPS) is 21.4. The Labute approximate surface area is 133 Å². The number of benzene rings is 1. The smallest absolute Gasteiger partial charge is 0.227 e. The summed E-state index contributed by atoms with van der Waals surface area (Å²) in [7, 11) is 1.58. The first-order valence-electron chi connectivity index (χ1n) is 8.38. The molecule has 122 valence electrons. The molecule has 0 unspecified atom stereocenters. The molecular formula is C18H28N2O2. The fraction of sp³-hybridized carbons (Fsp3) is 0.611. The number of methoxy groups -OCH3 is 1. The van der Waals surface area contributed by atoms with E-state index in [0.29, 0.717) is 11.4 Å². The third kappa shape index (κ3) is 4.39. The molecule has 3 N–H and O–H groups in total. The first-order valence-corrected chi connectivity index (χ1v) is 8.38. The van der Waals surface area contributed by atoms with Crippen LogP contribution in [-0.4, -0.2) is 13.0 Å². The molecular weight excluding hydrogens is 276 g/mol. The third-order valence-electron chi connectivity index (χ3n) is 4.68. The molecule has 0 heterocycles. The molecule has 4 heteroatoms. The van der Waals surface area contributed by atoms with Crippen LogP contribution < -0.4 is 15.8 Å². The number of anilines is 2. The lowest BCUT2D eigenvalue weighted by atomic mass is 9.79. The fourth-order valence-electron chi connectivity index (χ4n) is 3.26. The molecule has 1 amide bonds. The summed E-state index contributed by atoms with van der Waals surface area (Å²) in [4.78, 5) is 12.4. The van der Waals surface area contributed by atoms with Gasteiger partial charge in [0.15, 0.2) is 0 Å². The molecule has 1 aromatic carbocycles. The number of nitrogen functional groups attached to an aromatic ring is 1. The summed E-state index contributed by atoms with van der Waals surface area (Å²) in [6, 6.07) is 5.37. The Morgan fingerprint density at radius 3 is 2.64 bits per heavy atom. The second-order valence-corrected chi connectivity index (χ2v) is 6.31. The summed E-state index contributed by atoms with van der Waals surface area (Å²) in [5.41, 5.74) is 7.17. The second kappa shape index (κ2) is 8.06. The van der Waals surface area contributed by atoms with Gasteiger partial charge in [-0.2, -0.15) is 0 Å². The Bertz CT molecular complexity index is 494. The van der Waals surface area contributed by atoms with Crippen molar-refractivity contribution >= 4 is 17.3 Å². The molecule has 1 aliphatic rings. The number of nitrogens with two attached hydrogens (primary N) is 1. The molecule has 1 aromatic rings. The minimum atomic E-state index is 0.124. The fourth-order valence-corrected chi connectivity index (χ4v) is 3.26. The molecule has 0 radical (unpaired) electrons. The molecule has 0 atom stereocenters. The van der Waals surface area contributed by atoms with E-state index >= 15 is 0 Å². The number of hydrogen-bond acceptors (Lipinski definition) is 3. The van der Waals surface area contributed by atoms with Gasteiger partial charge in [0.1, 0.15) is 5.75 Å². The molecule has 0 spiro atoms. The van der Waals surface area contributed by atoms with Crippen LogP contribution in [0.2, 0.25) is 0 Å². The van der Waals surface area contributed by atoms with Gasteiger partial charge in [0.25, 0.3) is 0 Å². The quantitative estimate of drug-likeness (QED) is 0.774. The highest BCUT2D eigenvalue weighted by Crippen LogP contribution is 2.33. The van der Waals surface area contributed by atoms with Crippen molar-refractivity contribution < 1.29 is 9.53 Å². The molecule has 0 aromatic heterocycles. The molecule has 0 bridgehead atoms. The number of ether oxygens (including phenoxy) is 1. The Hall–Kier alpha value is -1.71. The minimum Gasteiger partial charge on any atom is -0.495 e. The zero-order valence-corrected chi connectivity index (χ0v) is 13.7. The van der Waals surface area contributed by atoms with E-state index in [1.807, 2.05) is 6.07 Å². The van der Waals surface area contributed by atoms with Crippen LogP contribution in [0.1, 0.15) is 51.9 Å². The predicted octanol–water partition coefficient (Wildman–Crippen LogP) is 4.21. The summed E-state index contributed by atoms with van der Waals surface area (Å²) < 4.78 is 5.13. The van der Waals surface area contributed by atoms with Crippen LogP contribution in [0, 0.1) is 11.8 Å². The van der Waals surface area contributed by atoms with Crippen LogP contribution in [0.15, 0.2) is 18.2 Å². The maximum Gasteiger partial charge on any atom is 0.227 e. The highest BCUT2D eigenvalue weighted by Gasteiger charge is 2.26. The Morgan fingerprint density at radius 2 is 2.05 bits per heavy atom. The van der Waals surface area contributed by atoms with Gasteiger partial charge in [0.2, 0.25) is 5.91 Å². The molecule has 2 rings (SSSR count). The van der Waals surface area contributed by atoms with E-state index in [1.54, 1.807) is 19.2 Å². The number of unbranched alkanes of at least 4 members (excludes halogenated alkanes) is 1. The number of hydrogen-bond donors (Lipinski definition) is 2. The van der Waals surface area contributed by atoms with E-state index in [0.717, 1.165) is 24.4 Å². The van der Waals surface area contributed by atoms with Gasteiger partial charge >= 0.3 is 0 Å². The van der Waals surface area contributed by atoms with Gasteiger partial charge in [0.05, 0.1) is 12.8 Å². The Morgan fingerprint density at radius 1 is 1.32 bits per heavy atom. The van der Waals surface area contributed by atoms with Crippen molar-refractivity contribution in [1.82, 2.24) is 0 Å². The van der Waals surface area contributed by atoms with Gasteiger partial charge in [-0.1, -0.05) is 26.2 Å². The highest BCUT2D eigenvalue weighted by molar-refractivity contribution is 5.93. The van der Waals surface area contributed by atoms with Gasteiger partial charge in [-0.15, -0.1) is 0 Å². The predicted molar refractivity (Wildman–Crippen MR) is 91.0 cm³/mol. The van der Waals surface area contributed by atoms with E-state index in [4.69, 9.17) is 10.5 Å². The summed E-state index contributed by atoms with van der Waals surface area (Å²) in [6.45, 7) is 2.24. The topological polar surface area (TPSA) is 64.3 Å². The van der Waals surface area contributed by atoms with Crippen molar-refractivity contribution in [3.63, 3.8) is 0 Å². The minimum absolute atomic E-state index is 0.124. The van der Waals surface area contributed by atoms with Crippen LogP contribution >= 0.6 is 0 Å². The number of rotatable bonds is 6. The SMILES string of the molecule is CCCCC1CCC(C(=O)Nc2ccc(OC)c(N)c2)CC1. The molecule has 1 fully saturated rings. The lowest BCUT2D eigenvalue weighted by Gasteiger charge is -2.27. The van der Waals surface area contributed by atoms with E-state index < -0.39 is 0 Å². The van der Waals surface area contributed by atoms with Crippen molar-refractivity contribution in [3.8, 4) is 5.75 Å². The molecule has 0 saturated heterocycles. The summed E-state index contributed by atoms with van der Waals surface area (Å²) in [5, 5.41) is 2.99. The molecule has 4 nitrogen and oxygen atoms in total. The number of carbonyl (C=O) groups excluding carboxylic acids is 1. The Balaban J connectivity index is 1.84. The second-order valence-electron chi connectivity index (χ2n) is 6.31. The average molecular weight is 304 g/mol. The molecule has 1 aliphatic carbocycles. The summed E-state index contributed by atoms with van der Waals surface area (Å²) >= 11 is 0. The summed E-state index contributed by atoms with van der Waals surface area (Å²) in [6.07, 6.45) is 8.27. The standard InChI is InChI=1S/C18H28N2O2/c1-3-4-5-13-6-8-14(9-7-13)18(21)20-15-10-11-17(22-2)16(19)12-15/h10-14H,3-9,19H2,1-2H3,(H,20,21). The zero-order valence-electron chi connectivity index (χ0n) is 13.7. The lowest BCUT2D eigenvalue weighted by Crippen LogP contribution is -2.27. The average Bonchev–Trinajstić information content (AvgIpc) is 2.53. The van der Waals surface area contributed by atoms with Crippen molar-refractivity contribution in [1.29, 1.82) is 0 Å². The van der Waals surface area contributed by atoms with Crippen molar-refractivity contribution in [2.24, 2.45) is 11.8 Å². The highest BCUT2D eigenvalue weighted by atomic mass is 16.5. The molecule has 22 heavy (non-hydrogen) atoms. The van der Waals surface area contributed by atoms with Gasteiger partial charge in [-0.05, 0) is 49.8 Å². The van der Waals surface area contributed by atoms with E-state index in [1.165, 1.54) is 32.1 Å². The van der Waals surface area contributed by atoms with Gasteiger partial charge in [0, 0.05) is 11.6 Å². The maximum atomic E-state index is 12.4. The van der Waals surface area contributed by atoms with Crippen LogP contribution in [0.4, 0.5) is 11.4 Å². The van der Waals surface area contributed by atoms with Gasteiger partial charge in [-0.25, -0.2) is 0 Å². The van der Waals surface area contributed by atoms with Gasteiger partial charge < -0.3 is 15.8 Å².